The van der Waals surface area contributed by atoms with E-state index in [1.165, 1.54) is 186 Å². The number of rotatable bonds is 35. The molecule has 0 aromatic carbocycles. The highest BCUT2D eigenvalue weighted by atomic mass is 16.3. The molecular formula is C45H100O5. The van der Waals surface area contributed by atoms with Crippen LogP contribution in [-0.4, -0.2) is 58.6 Å². The van der Waals surface area contributed by atoms with Crippen molar-refractivity contribution in [3.63, 3.8) is 0 Å². The molecule has 5 nitrogen and oxygen atoms in total. The lowest BCUT2D eigenvalue weighted by atomic mass is 10.1. The van der Waals surface area contributed by atoms with E-state index in [9.17, 15) is 0 Å². The fourth-order valence-electron chi connectivity index (χ4n) is 5.34. The predicted octanol–water partition coefficient (Wildman–Crippen LogP) is 13.6. The SMILES string of the molecule is CCCCCCCCCCCCCO.CCCCCCCCCCCO.CCCCCCCCCO.CCCCCCCO.CCCCCO. The minimum Gasteiger partial charge on any atom is -0.396 e. The Morgan fingerprint density at radius 2 is 0.260 bits per heavy atom. The number of hydrogen-bond donors (Lipinski definition) is 5. The summed E-state index contributed by atoms with van der Waals surface area (Å²) in [6.45, 7) is 12.9. The van der Waals surface area contributed by atoms with Gasteiger partial charge in [-0.15, -0.1) is 0 Å². The first-order valence-electron chi connectivity index (χ1n) is 22.6. The standard InChI is InChI=1S/C13H28O.C11H24O.C9H20O.C7H16O.C5H12O/c1-2-3-4-5-6-7-8-9-10-11-12-13-14;1-2-3-4-5-6-7-8-9-10-11-12;1-2-3-4-5-6-7-8-9-10;1-2-3-4-5-6-7-8;1-2-3-4-5-6/h14H,2-13H2,1H3;12H,2-11H2,1H3;10H,2-9H2,1H3;8H,2-7H2,1H3;6H,2-5H2,1H3. The molecule has 0 aromatic heterocycles. The Labute approximate surface area is 317 Å². The molecule has 0 spiro atoms. The summed E-state index contributed by atoms with van der Waals surface area (Å²) >= 11 is 0. The zero-order valence-electron chi connectivity index (χ0n) is 35.5. The molecule has 0 aliphatic rings. The summed E-state index contributed by atoms with van der Waals surface area (Å²) in [6.07, 6.45) is 44.9. The van der Waals surface area contributed by atoms with Crippen molar-refractivity contribution in [3.8, 4) is 0 Å². The van der Waals surface area contributed by atoms with Crippen molar-refractivity contribution >= 4 is 0 Å². The van der Waals surface area contributed by atoms with E-state index < -0.39 is 0 Å². The van der Waals surface area contributed by atoms with Gasteiger partial charge < -0.3 is 25.5 Å². The molecule has 0 bridgehead atoms. The fourth-order valence-corrected chi connectivity index (χ4v) is 5.34. The highest BCUT2D eigenvalue weighted by Gasteiger charge is 1.93. The molecule has 5 heteroatoms. The van der Waals surface area contributed by atoms with Crippen LogP contribution in [0.4, 0.5) is 0 Å². The van der Waals surface area contributed by atoms with Gasteiger partial charge in [-0.25, -0.2) is 0 Å². The van der Waals surface area contributed by atoms with E-state index in [1.54, 1.807) is 0 Å². The third-order valence-electron chi connectivity index (χ3n) is 8.81. The molecule has 0 heterocycles. The molecule has 0 saturated heterocycles. The van der Waals surface area contributed by atoms with Crippen LogP contribution in [0.3, 0.4) is 0 Å². The zero-order chi connectivity index (χ0) is 38.3. The quantitative estimate of drug-likeness (QED) is 0.0420. The molecule has 5 N–H and O–H groups in total. The van der Waals surface area contributed by atoms with Crippen molar-refractivity contribution in [2.24, 2.45) is 0 Å². The first-order valence-corrected chi connectivity index (χ1v) is 22.6. The second kappa shape index (κ2) is 70.4. The van der Waals surface area contributed by atoms with E-state index in [0.29, 0.717) is 33.0 Å². The molecule has 0 amide bonds. The lowest BCUT2D eigenvalue weighted by Crippen LogP contribution is -1.84. The normalized spacial score (nSPS) is 10.2. The van der Waals surface area contributed by atoms with Gasteiger partial charge in [-0.1, -0.05) is 227 Å². The summed E-state index contributed by atoms with van der Waals surface area (Å²) < 4.78 is 0. The summed E-state index contributed by atoms with van der Waals surface area (Å²) in [7, 11) is 0. The second-order valence-electron chi connectivity index (χ2n) is 14.2. The Balaban J connectivity index is -0.000000173. The molecular weight excluding hydrogens is 620 g/mol. The average Bonchev–Trinajstić information content (AvgIpc) is 3.14. The molecule has 0 rings (SSSR count). The summed E-state index contributed by atoms with van der Waals surface area (Å²) in [5.74, 6) is 0. The van der Waals surface area contributed by atoms with Crippen molar-refractivity contribution < 1.29 is 25.5 Å². The Hall–Kier alpha value is -0.200. The number of hydrogen-bond acceptors (Lipinski definition) is 5. The van der Waals surface area contributed by atoms with Gasteiger partial charge in [-0.2, -0.15) is 0 Å². The number of unbranched alkanes of at least 4 members (excludes halogenated alkanes) is 30. The Morgan fingerprint density at radius 1 is 0.160 bits per heavy atom. The van der Waals surface area contributed by atoms with E-state index in [0.717, 1.165) is 38.5 Å². The van der Waals surface area contributed by atoms with Gasteiger partial charge in [-0.3, -0.25) is 0 Å². The van der Waals surface area contributed by atoms with Crippen LogP contribution in [0.15, 0.2) is 0 Å². The molecule has 50 heavy (non-hydrogen) atoms. The molecule has 0 saturated carbocycles. The van der Waals surface area contributed by atoms with Crippen LogP contribution in [0.1, 0.15) is 259 Å². The predicted molar refractivity (Wildman–Crippen MR) is 225 cm³/mol. The largest absolute Gasteiger partial charge is 0.396 e. The van der Waals surface area contributed by atoms with Crippen molar-refractivity contribution in [1.82, 2.24) is 0 Å². The Kier molecular flexibility index (Phi) is 83.2. The number of aliphatic hydroxyl groups is 5. The van der Waals surface area contributed by atoms with Crippen LogP contribution in [-0.2, 0) is 0 Å². The molecule has 0 aliphatic carbocycles. The Morgan fingerprint density at radius 3 is 0.380 bits per heavy atom. The van der Waals surface area contributed by atoms with E-state index >= 15 is 0 Å². The average molecular weight is 721 g/mol. The van der Waals surface area contributed by atoms with Crippen molar-refractivity contribution in [2.75, 3.05) is 33.0 Å². The summed E-state index contributed by atoms with van der Waals surface area (Å²) in [6, 6.07) is 0. The van der Waals surface area contributed by atoms with Gasteiger partial charge >= 0.3 is 0 Å². The first-order chi connectivity index (χ1) is 24.6. The van der Waals surface area contributed by atoms with E-state index in [4.69, 9.17) is 25.5 Å². The van der Waals surface area contributed by atoms with Crippen LogP contribution in [0, 0.1) is 0 Å². The third-order valence-corrected chi connectivity index (χ3v) is 8.81. The van der Waals surface area contributed by atoms with E-state index in [2.05, 4.69) is 34.6 Å². The molecule has 0 unspecified atom stereocenters. The Bertz CT molecular complexity index is 409. The van der Waals surface area contributed by atoms with Crippen LogP contribution in [0.5, 0.6) is 0 Å². The lowest BCUT2D eigenvalue weighted by molar-refractivity contribution is 0.282. The molecule has 310 valence electrons. The molecule has 0 atom stereocenters. The summed E-state index contributed by atoms with van der Waals surface area (Å²) in [4.78, 5) is 0. The van der Waals surface area contributed by atoms with Crippen molar-refractivity contribution in [1.29, 1.82) is 0 Å². The molecule has 0 fully saturated rings. The maximum atomic E-state index is 8.59. The summed E-state index contributed by atoms with van der Waals surface area (Å²) in [5.41, 5.74) is 0. The van der Waals surface area contributed by atoms with Crippen LogP contribution in [0.2, 0.25) is 0 Å². The van der Waals surface area contributed by atoms with Crippen LogP contribution in [0.25, 0.3) is 0 Å². The van der Waals surface area contributed by atoms with Gasteiger partial charge in [0.15, 0.2) is 0 Å². The highest BCUT2D eigenvalue weighted by Crippen LogP contribution is 2.11. The van der Waals surface area contributed by atoms with Crippen LogP contribution >= 0.6 is 0 Å². The van der Waals surface area contributed by atoms with Gasteiger partial charge in [0.1, 0.15) is 0 Å². The molecule has 0 radical (unpaired) electrons. The highest BCUT2D eigenvalue weighted by molar-refractivity contribution is 4.48. The molecule has 0 aliphatic heterocycles. The maximum Gasteiger partial charge on any atom is 0.0431 e. The smallest absolute Gasteiger partial charge is 0.0431 e. The fraction of sp³-hybridized carbons (Fsp3) is 1.00. The molecule has 0 aromatic rings. The van der Waals surface area contributed by atoms with Gasteiger partial charge in [0, 0.05) is 33.0 Å². The minimum absolute atomic E-state index is 0.355. The lowest BCUT2D eigenvalue weighted by Gasteiger charge is -2.01. The minimum atomic E-state index is 0.355. The van der Waals surface area contributed by atoms with Gasteiger partial charge in [0.2, 0.25) is 0 Å². The van der Waals surface area contributed by atoms with Crippen molar-refractivity contribution in [3.05, 3.63) is 0 Å². The number of aliphatic hydroxyl groups excluding tert-OH is 5. The topological polar surface area (TPSA) is 101 Å². The van der Waals surface area contributed by atoms with Gasteiger partial charge in [0.25, 0.3) is 0 Å². The first kappa shape index (κ1) is 59.1. The third kappa shape index (κ3) is 86.4. The monoisotopic (exact) mass is 721 g/mol. The second-order valence-corrected chi connectivity index (χ2v) is 14.2. The maximum absolute atomic E-state index is 8.59. The van der Waals surface area contributed by atoms with Crippen molar-refractivity contribution in [2.45, 2.75) is 259 Å². The summed E-state index contributed by atoms with van der Waals surface area (Å²) in [5, 5.41) is 42.2. The van der Waals surface area contributed by atoms with Gasteiger partial charge in [-0.05, 0) is 32.1 Å². The van der Waals surface area contributed by atoms with Crippen LogP contribution < -0.4 is 0 Å². The zero-order valence-corrected chi connectivity index (χ0v) is 35.5. The van der Waals surface area contributed by atoms with Gasteiger partial charge in [0.05, 0.1) is 0 Å². The van der Waals surface area contributed by atoms with E-state index in [1.807, 2.05) is 0 Å². The van der Waals surface area contributed by atoms with E-state index in [-0.39, 0.29) is 0 Å².